The molecule has 2 rings (SSSR count). The fourth-order valence-electron chi connectivity index (χ4n) is 2.29. The minimum absolute atomic E-state index is 0.0265. The standard InChI is InChI=1S/C13H21N3O/c1-10-5-6-12(16(10)2)13(17)15-9-7-11-4-3-8-14-11/h5-6,11,14H,3-4,7-9H2,1-2H3,(H,15,17)/t11-/m0/s1. The molecule has 1 fully saturated rings. The van der Waals surface area contributed by atoms with Crippen LogP contribution in [0.5, 0.6) is 0 Å². The van der Waals surface area contributed by atoms with Gasteiger partial charge in [0.2, 0.25) is 0 Å². The van der Waals surface area contributed by atoms with Crippen molar-refractivity contribution < 1.29 is 4.79 Å². The summed E-state index contributed by atoms with van der Waals surface area (Å²) in [5.41, 5.74) is 1.84. The Kier molecular flexibility index (Phi) is 3.84. The van der Waals surface area contributed by atoms with Crippen molar-refractivity contribution in [1.82, 2.24) is 15.2 Å². The first-order valence-electron chi connectivity index (χ1n) is 6.32. The molecule has 2 heterocycles. The van der Waals surface area contributed by atoms with Gasteiger partial charge in [-0.2, -0.15) is 0 Å². The number of amides is 1. The lowest BCUT2D eigenvalue weighted by Gasteiger charge is -2.11. The number of carbonyl (C=O) groups excluding carboxylic acids is 1. The molecule has 1 aromatic rings. The Balaban J connectivity index is 1.79. The molecule has 1 atom stereocenters. The number of nitrogens with one attached hydrogen (secondary N) is 2. The van der Waals surface area contributed by atoms with Crippen molar-refractivity contribution >= 4 is 5.91 Å². The van der Waals surface area contributed by atoms with E-state index in [2.05, 4.69) is 10.6 Å². The maximum absolute atomic E-state index is 11.9. The fraction of sp³-hybridized carbons (Fsp3) is 0.615. The zero-order valence-corrected chi connectivity index (χ0v) is 10.6. The summed E-state index contributed by atoms with van der Waals surface area (Å²) in [6, 6.07) is 4.43. The largest absolute Gasteiger partial charge is 0.351 e. The molecule has 0 saturated carbocycles. The number of nitrogens with zero attached hydrogens (tertiary/aromatic N) is 1. The predicted octanol–water partition coefficient (Wildman–Crippen LogP) is 1.21. The lowest BCUT2D eigenvalue weighted by atomic mass is 10.1. The maximum atomic E-state index is 11.9. The Bertz CT molecular complexity index is 391. The molecule has 1 aliphatic heterocycles. The summed E-state index contributed by atoms with van der Waals surface area (Å²) in [5, 5.41) is 6.41. The van der Waals surface area contributed by atoms with Gasteiger partial charge in [0, 0.05) is 25.3 Å². The minimum atomic E-state index is 0.0265. The monoisotopic (exact) mass is 235 g/mol. The summed E-state index contributed by atoms with van der Waals surface area (Å²) in [4.78, 5) is 11.9. The zero-order valence-electron chi connectivity index (χ0n) is 10.6. The zero-order chi connectivity index (χ0) is 12.3. The van der Waals surface area contributed by atoms with Crippen LogP contribution in [0.4, 0.5) is 0 Å². The molecule has 4 nitrogen and oxygen atoms in total. The molecule has 0 radical (unpaired) electrons. The van der Waals surface area contributed by atoms with Gasteiger partial charge in [0.25, 0.3) is 5.91 Å². The van der Waals surface area contributed by atoms with Crippen molar-refractivity contribution in [2.45, 2.75) is 32.2 Å². The highest BCUT2D eigenvalue weighted by atomic mass is 16.1. The van der Waals surface area contributed by atoms with Crippen molar-refractivity contribution in [3.63, 3.8) is 0 Å². The van der Waals surface area contributed by atoms with E-state index in [1.807, 2.05) is 30.7 Å². The Labute approximate surface area is 102 Å². The first kappa shape index (κ1) is 12.2. The molecule has 1 amide bonds. The number of aromatic nitrogens is 1. The topological polar surface area (TPSA) is 46.1 Å². The van der Waals surface area contributed by atoms with Crippen LogP contribution in [-0.4, -0.2) is 29.6 Å². The molecular weight excluding hydrogens is 214 g/mol. The third-order valence-electron chi connectivity index (χ3n) is 3.55. The van der Waals surface area contributed by atoms with Crippen LogP contribution in [0.3, 0.4) is 0 Å². The van der Waals surface area contributed by atoms with Crippen LogP contribution in [0.25, 0.3) is 0 Å². The summed E-state index contributed by atoms with van der Waals surface area (Å²) in [6.45, 7) is 3.87. The van der Waals surface area contributed by atoms with Gasteiger partial charge in [0.05, 0.1) is 0 Å². The van der Waals surface area contributed by atoms with E-state index < -0.39 is 0 Å². The van der Waals surface area contributed by atoms with Gasteiger partial charge in [-0.25, -0.2) is 0 Å². The van der Waals surface area contributed by atoms with Crippen LogP contribution in [0.1, 0.15) is 35.4 Å². The van der Waals surface area contributed by atoms with Crippen molar-refractivity contribution in [3.05, 3.63) is 23.5 Å². The van der Waals surface area contributed by atoms with Crippen LogP contribution in [0.2, 0.25) is 0 Å². The van der Waals surface area contributed by atoms with Gasteiger partial charge in [-0.1, -0.05) is 0 Å². The van der Waals surface area contributed by atoms with Gasteiger partial charge in [-0.15, -0.1) is 0 Å². The van der Waals surface area contributed by atoms with E-state index in [-0.39, 0.29) is 5.91 Å². The third-order valence-corrected chi connectivity index (χ3v) is 3.55. The smallest absolute Gasteiger partial charge is 0.267 e. The van der Waals surface area contributed by atoms with Gasteiger partial charge < -0.3 is 15.2 Å². The van der Waals surface area contributed by atoms with E-state index in [4.69, 9.17) is 0 Å². The van der Waals surface area contributed by atoms with Gasteiger partial charge in [0.15, 0.2) is 0 Å². The third kappa shape index (κ3) is 2.88. The lowest BCUT2D eigenvalue weighted by Crippen LogP contribution is -2.31. The number of carbonyl (C=O) groups is 1. The van der Waals surface area contributed by atoms with E-state index in [1.165, 1.54) is 12.8 Å². The maximum Gasteiger partial charge on any atom is 0.267 e. The molecular formula is C13H21N3O. The summed E-state index contributed by atoms with van der Waals surface area (Å²) in [7, 11) is 1.92. The normalized spacial score (nSPS) is 19.5. The Hall–Kier alpha value is -1.29. The fourth-order valence-corrected chi connectivity index (χ4v) is 2.29. The van der Waals surface area contributed by atoms with E-state index in [0.29, 0.717) is 6.04 Å². The Morgan fingerprint density at radius 3 is 3.00 bits per heavy atom. The molecule has 0 bridgehead atoms. The molecule has 1 aliphatic rings. The molecule has 1 saturated heterocycles. The number of hydrogen-bond donors (Lipinski definition) is 2. The van der Waals surface area contributed by atoms with Gasteiger partial charge in [-0.05, 0) is 44.9 Å². The van der Waals surface area contributed by atoms with Crippen LogP contribution in [0.15, 0.2) is 12.1 Å². The molecule has 0 spiro atoms. The molecule has 0 aliphatic carbocycles. The van der Waals surface area contributed by atoms with Crippen LogP contribution in [0, 0.1) is 6.92 Å². The van der Waals surface area contributed by atoms with Crippen molar-refractivity contribution in [2.24, 2.45) is 7.05 Å². The van der Waals surface area contributed by atoms with Crippen LogP contribution in [-0.2, 0) is 7.05 Å². The number of hydrogen-bond acceptors (Lipinski definition) is 2. The molecule has 2 N–H and O–H groups in total. The Morgan fingerprint density at radius 1 is 1.59 bits per heavy atom. The SMILES string of the molecule is Cc1ccc(C(=O)NCC[C@@H]2CCCN2)n1C. The van der Waals surface area contributed by atoms with Gasteiger partial charge in [0.1, 0.15) is 5.69 Å². The van der Waals surface area contributed by atoms with Crippen LogP contribution >= 0.6 is 0 Å². The average Bonchev–Trinajstić information content (AvgIpc) is 2.91. The summed E-state index contributed by atoms with van der Waals surface area (Å²) in [5.74, 6) is 0.0265. The number of aryl methyl sites for hydroxylation is 1. The van der Waals surface area contributed by atoms with E-state index in [0.717, 1.165) is 30.9 Å². The second kappa shape index (κ2) is 5.36. The molecule has 0 unspecified atom stereocenters. The molecule has 17 heavy (non-hydrogen) atoms. The Morgan fingerprint density at radius 2 is 2.41 bits per heavy atom. The second-order valence-electron chi connectivity index (χ2n) is 4.76. The molecule has 94 valence electrons. The first-order chi connectivity index (χ1) is 8.18. The summed E-state index contributed by atoms with van der Waals surface area (Å²) >= 11 is 0. The molecule has 4 heteroatoms. The van der Waals surface area contributed by atoms with E-state index in [9.17, 15) is 4.79 Å². The van der Waals surface area contributed by atoms with E-state index >= 15 is 0 Å². The van der Waals surface area contributed by atoms with Crippen LogP contribution < -0.4 is 10.6 Å². The minimum Gasteiger partial charge on any atom is -0.351 e. The lowest BCUT2D eigenvalue weighted by molar-refractivity contribution is 0.0944. The highest BCUT2D eigenvalue weighted by Crippen LogP contribution is 2.08. The highest BCUT2D eigenvalue weighted by Gasteiger charge is 2.15. The number of rotatable bonds is 4. The summed E-state index contributed by atoms with van der Waals surface area (Å²) in [6.07, 6.45) is 3.52. The second-order valence-corrected chi connectivity index (χ2v) is 4.76. The van der Waals surface area contributed by atoms with Crippen molar-refractivity contribution in [3.8, 4) is 0 Å². The molecule has 0 aromatic carbocycles. The van der Waals surface area contributed by atoms with Gasteiger partial charge >= 0.3 is 0 Å². The van der Waals surface area contributed by atoms with E-state index in [1.54, 1.807) is 0 Å². The highest BCUT2D eigenvalue weighted by molar-refractivity contribution is 5.92. The summed E-state index contributed by atoms with van der Waals surface area (Å²) < 4.78 is 1.92. The quantitative estimate of drug-likeness (QED) is 0.824. The van der Waals surface area contributed by atoms with Gasteiger partial charge in [-0.3, -0.25) is 4.79 Å². The van der Waals surface area contributed by atoms with Crippen molar-refractivity contribution in [2.75, 3.05) is 13.1 Å². The predicted molar refractivity (Wildman–Crippen MR) is 68.1 cm³/mol. The first-order valence-corrected chi connectivity index (χ1v) is 6.32. The van der Waals surface area contributed by atoms with Crippen molar-refractivity contribution in [1.29, 1.82) is 0 Å². The molecule has 1 aromatic heterocycles. The average molecular weight is 235 g/mol.